The van der Waals surface area contributed by atoms with Crippen molar-refractivity contribution in [1.82, 2.24) is 4.57 Å². The molecule has 2 aromatic rings. The molecule has 0 atom stereocenters. The van der Waals surface area contributed by atoms with Crippen LogP contribution in [-0.4, -0.2) is 16.5 Å². The maximum absolute atomic E-state index is 13.0. The smallest absolute Gasteiger partial charge is 0.263 e. The Morgan fingerprint density at radius 1 is 1.05 bits per heavy atom. The van der Waals surface area contributed by atoms with Gasteiger partial charge in [0.1, 0.15) is 11.3 Å². The van der Waals surface area contributed by atoms with E-state index in [2.05, 4.69) is 0 Å². The van der Waals surface area contributed by atoms with Crippen molar-refractivity contribution < 1.29 is 9.18 Å². The molecular formula is C18H19FN2O. The quantitative estimate of drug-likeness (QED) is 0.835. The van der Waals surface area contributed by atoms with Gasteiger partial charge in [0.25, 0.3) is 5.91 Å². The van der Waals surface area contributed by atoms with Crippen LogP contribution in [0.2, 0.25) is 0 Å². The number of nitrogens with zero attached hydrogens (tertiary/aromatic N) is 2. The molecule has 4 heteroatoms. The highest BCUT2D eigenvalue weighted by Crippen LogP contribution is 2.19. The molecule has 22 heavy (non-hydrogen) atoms. The lowest BCUT2D eigenvalue weighted by Gasteiger charge is -2.17. The highest BCUT2D eigenvalue weighted by Gasteiger charge is 2.13. The summed E-state index contributed by atoms with van der Waals surface area (Å²) in [5.74, 6) is -0.531. The van der Waals surface area contributed by atoms with E-state index in [0.29, 0.717) is 17.1 Å². The van der Waals surface area contributed by atoms with Crippen molar-refractivity contribution in [3.8, 4) is 0 Å². The molecule has 0 N–H and O–H groups in total. The number of rotatable bonds is 2. The summed E-state index contributed by atoms with van der Waals surface area (Å²) in [6, 6.07) is 11.4. The van der Waals surface area contributed by atoms with Gasteiger partial charge in [-0.2, -0.15) is 0 Å². The van der Waals surface area contributed by atoms with Gasteiger partial charge < -0.3 is 0 Å². The Labute approximate surface area is 129 Å². The highest BCUT2D eigenvalue weighted by molar-refractivity contribution is 5.95. The van der Waals surface area contributed by atoms with Crippen LogP contribution in [0.25, 0.3) is 0 Å². The first-order valence-corrected chi connectivity index (χ1v) is 7.76. The fourth-order valence-corrected chi connectivity index (χ4v) is 2.84. The first-order valence-electron chi connectivity index (χ1n) is 7.76. The van der Waals surface area contributed by atoms with Crippen LogP contribution in [0.3, 0.4) is 0 Å². The normalized spacial score (nSPS) is 16.7. The van der Waals surface area contributed by atoms with Crippen LogP contribution in [0.4, 0.5) is 4.39 Å². The minimum atomic E-state index is -0.346. The average Bonchev–Trinajstić information content (AvgIpc) is 2.56. The van der Waals surface area contributed by atoms with E-state index in [1.54, 1.807) is 16.8 Å². The highest BCUT2D eigenvalue weighted by atomic mass is 19.1. The van der Waals surface area contributed by atoms with Gasteiger partial charge in [0, 0.05) is 11.8 Å². The molecule has 1 aromatic heterocycles. The summed E-state index contributed by atoms with van der Waals surface area (Å²) in [4.78, 5) is 17.4. The van der Waals surface area contributed by atoms with Gasteiger partial charge in [0.15, 0.2) is 0 Å². The predicted molar refractivity (Wildman–Crippen MR) is 83.0 cm³/mol. The zero-order chi connectivity index (χ0) is 15.4. The third-order valence-electron chi connectivity index (χ3n) is 4.04. The zero-order valence-corrected chi connectivity index (χ0v) is 12.4. The van der Waals surface area contributed by atoms with Crippen molar-refractivity contribution in [2.75, 3.05) is 0 Å². The number of halogens is 1. The Morgan fingerprint density at radius 3 is 2.50 bits per heavy atom. The van der Waals surface area contributed by atoms with Gasteiger partial charge in [-0.25, -0.2) is 4.39 Å². The molecule has 114 valence electrons. The lowest BCUT2D eigenvalue weighted by atomic mass is 9.96. The van der Waals surface area contributed by atoms with E-state index in [-0.39, 0.29) is 11.7 Å². The van der Waals surface area contributed by atoms with Crippen molar-refractivity contribution in [3.63, 3.8) is 0 Å². The molecule has 1 saturated carbocycles. The van der Waals surface area contributed by atoms with Crippen LogP contribution in [0.5, 0.6) is 0 Å². The molecule has 1 fully saturated rings. The van der Waals surface area contributed by atoms with E-state index in [0.717, 1.165) is 12.8 Å². The largest absolute Gasteiger partial charge is 0.268 e. The summed E-state index contributed by atoms with van der Waals surface area (Å²) < 4.78 is 14.5. The molecule has 1 aliphatic carbocycles. The lowest BCUT2D eigenvalue weighted by Crippen LogP contribution is -2.29. The number of hydrogen-bond acceptors (Lipinski definition) is 2. The number of benzene rings is 1. The molecular weight excluding hydrogens is 279 g/mol. The number of aromatic nitrogens is 1. The second kappa shape index (κ2) is 6.69. The SMILES string of the molecule is O=C(c1ccc(F)cc1)n1ccccc1=NC1CCCCC1. The second-order valence-corrected chi connectivity index (χ2v) is 5.66. The van der Waals surface area contributed by atoms with Crippen LogP contribution < -0.4 is 5.49 Å². The van der Waals surface area contributed by atoms with Gasteiger partial charge >= 0.3 is 0 Å². The van der Waals surface area contributed by atoms with Crippen LogP contribution in [-0.2, 0) is 0 Å². The Hall–Kier alpha value is -2.23. The maximum atomic E-state index is 13.0. The Kier molecular flexibility index (Phi) is 4.47. The van der Waals surface area contributed by atoms with Gasteiger partial charge in [-0.05, 0) is 49.2 Å². The van der Waals surface area contributed by atoms with E-state index in [1.807, 2.05) is 12.1 Å². The van der Waals surface area contributed by atoms with E-state index >= 15 is 0 Å². The fourth-order valence-electron chi connectivity index (χ4n) is 2.84. The molecule has 0 bridgehead atoms. The monoisotopic (exact) mass is 298 g/mol. The molecule has 0 saturated heterocycles. The van der Waals surface area contributed by atoms with Gasteiger partial charge in [-0.3, -0.25) is 14.4 Å². The average molecular weight is 298 g/mol. The minimum absolute atomic E-state index is 0.185. The summed E-state index contributed by atoms with van der Waals surface area (Å²) in [6.45, 7) is 0. The first-order chi connectivity index (χ1) is 10.7. The van der Waals surface area contributed by atoms with E-state index in [4.69, 9.17) is 4.99 Å². The Morgan fingerprint density at radius 2 is 1.77 bits per heavy atom. The molecule has 0 amide bonds. The van der Waals surface area contributed by atoms with Crippen molar-refractivity contribution in [3.05, 3.63) is 65.5 Å². The number of carbonyl (C=O) groups is 1. The topological polar surface area (TPSA) is 34.4 Å². The number of pyridine rings is 1. The molecule has 0 spiro atoms. The molecule has 3 nitrogen and oxygen atoms in total. The minimum Gasteiger partial charge on any atom is -0.268 e. The number of carbonyl (C=O) groups excluding carboxylic acids is 1. The van der Waals surface area contributed by atoms with Crippen molar-refractivity contribution in [2.24, 2.45) is 4.99 Å². The Bertz CT molecular complexity index is 712. The van der Waals surface area contributed by atoms with Crippen LogP contribution >= 0.6 is 0 Å². The van der Waals surface area contributed by atoms with Gasteiger partial charge in [0.2, 0.25) is 0 Å². The van der Waals surface area contributed by atoms with Gasteiger partial charge in [0.05, 0.1) is 6.04 Å². The predicted octanol–water partition coefficient (Wildman–Crippen LogP) is 3.55. The number of hydrogen-bond donors (Lipinski definition) is 0. The third kappa shape index (κ3) is 3.32. The van der Waals surface area contributed by atoms with Crippen molar-refractivity contribution in [1.29, 1.82) is 0 Å². The van der Waals surface area contributed by atoms with Crippen LogP contribution in [0.15, 0.2) is 53.7 Å². The molecule has 3 rings (SSSR count). The Balaban J connectivity index is 1.95. The summed E-state index contributed by atoms with van der Waals surface area (Å²) in [7, 11) is 0. The van der Waals surface area contributed by atoms with E-state index in [1.165, 1.54) is 43.5 Å². The molecule has 1 heterocycles. The van der Waals surface area contributed by atoms with Gasteiger partial charge in [-0.15, -0.1) is 0 Å². The van der Waals surface area contributed by atoms with Crippen LogP contribution in [0.1, 0.15) is 42.5 Å². The maximum Gasteiger partial charge on any atom is 0.263 e. The second-order valence-electron chi connectivity index (χ2n) is 5.66. The van der Waals surface area contributed by atoms with Crippen molar-refractivity contribution >= 4 is 5.91 Å². The standard InChI is InChI=1S/C18H19FN2O/c19-15-11-9-14(10-12-15)18(22)21-13-5-4-8-17(21)20-16-6-2-1-3-7-16/h4-5,8-13,16H,1-3,6-7H2. The van der Waals surface area contributed by atoms with E-state index < -0.39 is 0 Å². The third-order valence-corrected chi connectivity index (χ3v) is 4.04. The molecule has 1 aromatic carbocycles. The molecule has 0 aliphatic heterocycles. The summed E-state index contributed by atoms with van der Waals surface area (Å²) in [5, 5.41) is 0. The van der Waals surface area contributed by atoms with Gasteiger partial charge in [-0.1, -0.05) is 25.3 Å². The molecule has 1 aliphatic rings. The fraction of sp³-hybridized carbons (Fsp3) is 0.333. The summed E-state index contributed by atoms with van der Waals surface area (Å²) >= 11 is 0. The van der Waals surface area contributed by atoms with Crippen LogP contribution in [0, 0.1) is 5.82 Å². The summed E-state index contributed by atoms with van der Waals surface area (Å²) in [5.41, 5.74) is 1.13. The van der Waals surface area contributed by atoms with Crippen molar-refractivity contribution in [2.45, 2.75) is 38.1 Å². The molecule has 0 radical (unpaired) electrons. The lowest BCUT2D eigenvalue weighted by molar-refractivity contribution is 0.0954. The zero-order valence-electron chi connectivity index (χ0n) is 12.4. The first kappa shape index (κ1) is 14.7. The molecule has 0 unspecified atom stereocenters. The van der Waals surface area contributed by atoms with E-state index in [9.17, 15) is 9.18 Å². The summed E-state index contributed by atoms with van der Waals surface area (Å²) in [6.07, 6.45) is 7.56.